The van der Waals surface area contributed by atoms with Crippen LogP contribution in [0.3, 0.4) is 0 Å². The zero-order chi connectivity index (χ0) is 10.8. The fourth-order valence-electron chi connectivity index (χ4n) is 2.04. The number of aryl methyl sites for hydroxylation is 1. The van der Waals surface area contributed by atoms with Crippen molar-refractivity contribution in [1.82, 2.24) is 0 Å². The third-order valence-electron chi connectivity index (χ3n) is 2.82. The smallest absolute Gasteiger partial charge is 0.191 e. The Morgan fingerprint density at radius 1 is 1.47 bits per heavy atom. The molecule has 0 aromatic heterocycles. The van der Waals surface area contributed by atoms with E-state index in [4.69, 9.17) is 0 Å². The fourth-order valence-corrected chi connectivity index (χ4v) is 2.04. The molecule has 0 radical (unpaired) electrons. The van der Waals surface area contributed by atoms with Crippen molar-refractivity contribution >= 4 is 5.78 Å². The summed E-state index contributed by atoms with van der Waals surface area (Å²) in [5.41, 5.74) is 2.83. The van der Waals surface area contributed by atoms with Gasteiger partial charge in [-0.1, -0.05) is 30.7 Å². The molecule has 1 aliphatic carbocycles. The van der Waals surface area contributed by atoms with Crippen molar-refractivity contribution in [2.45, 2.75) is 32.2 Å². The highest BCUT2D eigenvalue weighted by Crippen LogP contribution is 2.25. The number of nitroso groups, excluding NO2 is 1. The lowest BCUT2D eigenvalue weighted by Crippen LogP contribution is -2.11. The Kier molecular flexibility index (Phi) is 2.62. The van der Waals surface area contributed by atoms with E-state index in [1.807, 2.05) is 18.2 Å². The van der Waals surface area contributed by atoms with Crippen LogP contribution < -0.4 is 0 Å². The third-order valence-corrected chi connectivity index (χ3v) is 2.82. The Hall–Kier alpha value is -1.51. The number of carbonyl (C=O) groups is 1. The van der Waals surface area contributed by atoms with Gasteiger partial charge in [0, 0.05) is 12.0 Å². The number of ketones is 1. The van der Waals surface area contributed by atoms with E-state index in [1.165, 1.54) is 0 Å². The van der Waals surface area contributed by atoms with E-state index >= 15 is 0 Å². The summed E-state index contributed by atoms with van der Waals surface area (Å²) < 4.78 is 0. The number of Topliss-reactive ketones (excluding diaryl/α,β-unsaturated/α-hetero) is 1. The van der Waals surface area contributed by atoms with Gasteiger partial charge in [-0.25, -0.2) is 0 Å². The topological polar surface area (TPSA) is 46.5 Å². The summed E-state index contributed by atoms with van der Waals surface area (Å²) in [4.78, 5) is 22.1. The first-order valence-corrected chi connectivity index (χ1v) is 5.24. The molecule has 0 spiro atoms. The second-order valence-corrected chi connectivity index (χ2v) is 3.93. The molecule has 2 rings (SSSR count). The van der Waals surface area contributed by atoms with Gasteiger partial charge >= 0.3 is 0 Å². The average molecular weight is 203 g/mol. The van der Waals surface area contributed by atoms with E-state index in [0.29, 0.717) is 12.0 Å². The largest absolute Gasteiger partial charge is 0.292 e. The van der Waals surface area contributed by atoms with Crippen LogP contribution in [0.25, 0.3) is 0 Å². The minimum absolute atomic E-state index is 0.113. The number of carbonyl (C=O) groups excluding carboxylic acids is 1. The van der Waals surface area contributed by atoms with Crippen molar-refractivity contribution in [3.8, 4) is 0 Å². The molecule has 78 valence electrons. The molecule has 0 bridgehead atoms. The van der Waals surface area contributed by atoms with Crippen LogP contribution in [0.4, 0.5) is 0 Å². The molecule has 1 aliphatic rings. The Labute approximate surface area is 88.5 Å². The third kappa shape index (κ3) is 1.69. The van der Waals surface area contributed by atoms with Crippen LogP contribution >= 0.6 is 0 Å². The predicted octanol–water partition coefficient (Wildman–Crippen LogP) is 2.51. The summed E-state index contributed by atoms with van der Waals surface area (Å²) in [6, 6.07) is 5.20. The number of hydrogen-bond donors (Lipinski definition) is 0. The fraction of sp³-hybridized carbons (Fsp3) is 0.417. The lowest BCUT2D eigenvalue weighted by Gasteiger charge is -2.01. The first-order valence-electron chi connectivity index (χ1n) is 5.24. The Morgan fingerprint density at radius 2 is 2.27 bits per heavy atom. The van der Waals surface area contributed by atoms with Crippen molar-refractivity contribution in [2.24, 2.45) is 5.18 Å². The van der Waals surface area contributed by atoms with Gasteiger partial charge in [0.15, 0.2) is 11.8 Å². The Balaban J connectivity index is 2.35. The summed E-state index contributed by atoms with van der Waals surface area (Å²) in [6.45, 7) is 2.10. The van der Waals surface area contributed by atoms with Gasteiger partial charge in [-0.3, -0.25) is 4.79 Å². The van der Waals surface area contributed by atoms with Crippen molar-refractivity contribution in [3.05, 3.63) is 39.8 Å². The Bertz CT molecular complexity index is 412. The van der Waals surface area contributed by atoms with Gasteiger partial charge < -0.3 is 0 Å². The van der Waals surface area contributed by atoms with Gasteiger partial charge in [-0.2, -0.15) is 4.91 Å². The van der Waals surface area contributed by atoms with E-state index < -0.39 is 6.04 Å². The first kappa shape index (κ1) is 10.0. The van der Waals surface area contributed by atoms with Gasteiger partial charge in [-0.05, 0) is 23.6 Å². The van der Waals surface area contributed by atoms with Crippen molar-refractivity contribution in [1.29, 1.82) is 0 Å². The normalized spacial score (nSPS) is 19.0. The highest BCUT2D eigenvalue weighted by Gasteiger charge is 2.31. The number of hydrogen-bond acceptors (Lipinski definition) is 3. The second kappa shape index (κ2) is 3.93. The van der Waals surface area contributed by atoms with Crippen molar-refractivity contribution in [3.63, 3.8) is 0 Å². The maximum atomic E-state index is 11.7. The molecule has 1 aromatic carbocycles. The predicted molar refractivity (Wildman–Crippen MR) is 58.1 cm³/mol. The molecule has 1 aromatic rings. The van der Waals surface area contributed by atoms with Gasteiger partial charge in [-0.15, -0.1) is 0 Å². The summed E-state index contributed by atoms with van der Waals surface area (Å²) in [7, 11) is 0. The monoisotopic (exact) mass is 203 g/mol. The van der Waals surface area contributed by atoms with Crippen LogP contribution in [0.2, 0.25) is 0 Å². The van der Waals surface area contributed by atoms with Crippen molar-refractivity contribution < 1.29 is 4.79 Å². The van der Waals surface area contributed by atoms with Crippen LogP contribution in [0.1, 0.15) is 34.8 Å². The molecule has 3 nitrogen and oxygen atoms in total. The molecule has 0 amide bonds. The number of nitrogens with zero attached hydrogens (tertiary/aromatic N) is 1. The lowest BCUT2D eigenvalue weighted by atomic mass is 10.0. The maximum absolute atomic E-state index is 11.7. The molecule has 1 atom stereocenters. The zero-order valence-electron chi connectivity index (χ0n) is 8.69. The maximum Gasteiger partial charge on any atom is 0.191 e. The van der Waals surface area contributed by atoms with Gasteiger partial charge in [0.25, 0.3) is 0 Å². The molecule has 0 fully saturated rings. The van der Waals surface area contributed by atoms with E-state index in [0.717, 1.165) is 24.0 Å². The Morgan fingerprint density at radius 3 is 2.93 bits per heavy atom. The quantitative estimate of drug-likeness (QED) is 0.708. The molecular weight excluding hydrogens is 190 g/mol. The molecule has 0 aliphatic heterocycles. The minimum Gasteiger partial charge on any atom is -0.292 e. The molecule has 0 saturated heterocycles. The van der Waals surface area contributed by atoms with Gasteiger partial charge in [0.05, 0.1) is 0 Å². The van der Waals surface area contributed by atoms with Gasteiger partial charge in [0.1, 0.15) is 0 Å². The van der Waals surface area contributed by atoms with E-state index in [-0.39, 0.29) is 5.78 Å². The zero-order valence-corrected chi connectivity index (χ0v) is 8.69. The summed E-state index contributed by atoms with van der Waals surface area (Å²) in [6.07, 6.45) is 2.51. The average Bonchev–Trinajstić information content (AvgIpc) is 2.56. The standard InChI is InChI=1S/C12H13NO2/c1-2-3-8-4-5-9-7-11(13-15)12(14)10(9)6-8/h4-6,11H,2-3,7H2,1H3. The molecule has 0 saturated carbocycles. The second-order valence-electron chi connectivity index (χ2n) is 3.93. The number of benzene rings is 1. The number of fused-ring (bicyclic) bond motifs is 1. The van der Waals surface area contributed by atoms with Gasteiger partial charge in [0.2, 0.25) is 0 Å². The summed E-state index contributed by atoms with van der Waals surface area (Å²) >= 11 is 0. The van der Waals surface area contributed by atoms with Crippen LogP contribution in [0, 0.1) is 4.91 Å². The van der Waals surface area contributed by atoms with E-state index in [9.17, 15) is 9.70 Å². The summed E-state index contributed by atoms with van der Waals surface area (Å²) in [5, 5.41) is 2.86. The molecule has 15 heavy (non-hydrogen) atoms. The highest BCUT2D eigenvalue weighted by atomic mass is 16.3. The van der Waals surface area contributed by atoms with E-state index in [2.05, 4.69) is 12.1 Å². The van der Waals surface area contributed by atoms with Crippen molar-refractivity contribution in [2.75, 3.05) is 0 Å². The van der Waals surface area contributed by atoms with Crippen LogP contribution in [-0.4, -0.2) is 11.8 Å². The molecule has 0 heterocycles. The molecule has 3 heteroatoms. The minimum atomic E-state index is -0.683. The highest BCUT2D eigenvalue weighted by molar-refractivity contribution is 6.04. The molecule has 1 unspecified atom stereocenters. The summed E-state index contributed by atoms with van der Waals surface area (Å²) in [5.74, 6) is -0.113. The van der Waals surface area contributed by atoms with E-state index in [1.54, 1.807) is 0 Å². The lowest BCUT2D eigenvalue weighted by molar-refractivity contribution is 0.0975. The van der Waals surface area contributed by atoms with Crippen LogP contribution in [-0.2, 0) is 12.8 Å². The molecular formula is C12H13NO2. The van der Waals surface area contributed by atoms with Crippen LogP contribution in [0.15, 0.2) is 23.4 Å². The molecule has 0 N–H and O–H groups in total. The first-order chi connectivity index (χ1) is 7.26. The number of rotatable bonds is 3. The SMILES string of the molecule is CCCc1ccc2c(c1)C(=O)C(N=O)C2. The van der Waals surface area contributed by atoms with Crippen LogP contribution in [0.5, 0.6) is 0 Å².